The normalized spacial score (nSPS) is 16.7. The molecule has 1 fully saturated rings. The third-order valence-corrected chi connectivity index (χ3v) is 12.9. The number of methoxy groups -OCH3 is 2. The van der Waals surface area contributed by atoms with Crippen LogP contribution in [0.15, 0.2) is 72.8 Å². The lowest BCUT2D eigenvalue weighted by molar-refractivity contribution is -0.277. The minimum absolute atomic E-state index is 0.126. The van der Waals surface area contributed by atoms with E-state index in [4.69, 9.17) is 42.6 Å². The molecule has 6 unspecified atom stereocenters. The van der Waals surface area contributed by atoms with Gasteiger partial charge in [0.15, 0.2) is 86.6 Å². The predicted molar refractivity (Wildman–Crippen MR) is 275 cm³/mol. The first-order valence-electron chi connectivity index (χ1n) is 24.4. The lowest BCUT2D eigenvalue weighted by atomic mass is 9.77. The summed E-state index contributed by atoms with van der Waals surface area (Å²) in [7, 11) is 2.19. The third-order valence-electron chi connectivity index (χ3n) is 12.9. The molecule has 6 aromatic rings. The van der Waals surface area contributed by atoms with Gasteiger partial charge < -0.3 is 114 Å². The van der Waals surface area contributed by atoms with Gasteiger partial charge in [0, 0.05) is 5.92 Å². The molecule has 29 nitrogen and oxygen atoms in total. The predicted octanol–water partition coefficient (Wildman–Crippen LogP) is 5.26. The first kappa shape index (κ1) is 60.5. The number of aromatic hydroxyl groups is 14. The summed E-state index contributed by atoms with van der Waals surface area (Å²) in [5.41, 5.74) is -3.81. The lowest BCUT2D eigenvalue weighted by Crippen LogP contribution is -2.61. The van der Waals surface area contributed by atoms with E-state index in [1.165, 1.54) is 6.92 Å². The second-order valence-electron chi connectivity index (χ2n) is 18.4. The molecule has 1 aliphatic rings. The van der Waals surface area contributed by atoms with Gasteiger partial charge in [-0.3, -0.25) is 0 Å². The highest BCUT2D eigenvalue weighted by Crippen LogP contribution is 2.46. The van der Waals surface area contributed by atoms with Crippen LogP contribution in [0.2, 0.25) is 0 Å². The number of benzene rings is 6. The fourth-order valence-electron chi connectivity index (χ4n) is 8.64. The molecule has 0 radical (unpaired) electrons. The van der Waals surface area contributed by atoms with Gasteiger partial charge in [0.25, 0.3) is 0 Å². The van der Waals surface area contributed by atoms with Crippen molar-refractivity contribution in [1.82, 2.24) is 0 Å². The maximum atomic E-state index is 14.6. The summed E-state index contributed by atoms with van der Waals surface area (Å²) in [5.74, 6) is -27.6. The smallest absolute Gasteiger partial charge is 0.344 e. The van der Waals surface area contributed by atoms with Gasteiger partial charge in [0.2, 0.25) is 29.3 Å². The van der Waals surface area contributed by atoms with Crippen LogP contribution >= 0.6 is 0 Å². The van der Waals surface area contributed by atoms with E-state index in [-0.39, 0.29) is 12.2 Å². The minimum Gasteiger partial charge on any atom is -0.504 e. The second kappa shape index (κ2) is 24.7. The Morgan fingerprint density at radius 3 is 1.29 bits per heavy atom. The highest BCUT2D eigenvalue weighted by atomic mass is 16.7. The van der Waals surface area contributed by atoms with Crippen LogP contribution in [0.3, 0.4) is 0 Å². The summed E-state index contributed by atoms with van der Waals surface area (Å²) in [6.07, 6.45) is -7.69. The van der Waals surface area contributed by atoms with Crippen molar-refractivity contribution in [2.75, 3.05) is 20.8 Å². The van der Waals surface area contributed by atoms with Crippen LogP contribution < -0.4 is 18.9 Å². The Balaban J connectivity index is 1.33. The number of hydrogen-bond acceptors (Lipinski definition) is 29. The van der Waals surface area contributed by atoms with E-state index >= 15 is 0 Å². The summed E-state index contributed by atoms with van der Waals surface area (Å²) in [4.78, 5) is 83.1. The number of phenolic OH excluding ortho intramolecular Hbond substituents is 14. The molecule has 0 amide bonds. The molecule has 0 bridgehead atoms. The molecule has 0 aromatic heterocycles. The van der Waals surface area contributed by atoms with Crippen molar-refractivity contribution in [3.05, 3.63) is 106 Å². The molecule has 1 aliphatic heterocycles. The molecule has 1 heterocycles. The van der Waals surface area contributed by atoms with Crippen molar-refractivity contribution in [3.8, 4) is 103 Å². The summed E-state index contributed by atoms with van der Waals surface area (Å²) in [6, 6.07) is 8.99. The summed E-state index contributed by atoms with van der Waals surface area (Å²) >= 11 is 0. The number of ether oxygens (including phenoxy) is 9. The number of phenols is 14. The van der Waals surface area contributed by atoms with E-state index in [1.54, 1.807) is 6.92 Å². The minimum atomic E-state index is -2.33. The van der Waals surface area contributed by atoms with Gasteiger partial charge in [-0.25, -0.2) is 28.8 Å². The summed E-state index contributed by atoms with van der Waals surface area (Å²) in [5, 5.41) is 145. The quantitative estimate of drug-likeness (QED) is 0.0226. The zero-order valence-electron chi connectivity index (χ0n) is 43.9. The summed E-state index contributed by atoms with van der Waals surface area (Å²) in [6.45, 7) is 2.24. The molecule has 1 saturated heterocycles. The van der Waals surface area contributed by atoms with Crippen molar-refractivity contribution in [2.24, 2.45) is 11.8 Å². The van der Waals surface area contributed by atoms with Crippen molar-refractivity contribution in [3.63, 3.8) is 0 Å². The molecular weight excluding hydrogens is 1120 g/mol. The highest BCUT2D eigenvalue weighted by Gasteiger charge is 2.54. The van der Waals surface area contributed by atoms with Gasteiger partial charge >= 0.3 is 35.8 Å². The van der Waals surface area contributed by atoms with Gasteiger partial charge in [-0.2, -0.15) is 0 Å². The van der Waals surface area contributed by atoms with Crippen LogP contribution in [0, 0.1) is 11.8 Å². The van der Waals surface area contributed by atoms with Crippen LogP contribution in [0.5, 0.6) is 103 Å². The largest absolute Gasteiger partial charge is 0.504 e. The molecule has 444 valence electrons. The van der Waals surface area contributed by atoms with E-state index < -0.39 is 210 Å². The molecule has 6 aromatic carbocycles. The van der Waals surface area contributed by atoms with E-state index in [1.807, 2.05) is 0 Å². The standard InChI is InChI=1S/C55H50O29/c1-5-6-20(2)39-47(82-52(73)24-14-32(61)44(67)36(17-24)77-4)38(19-78-49(70)23-13-31(60)43(66)35(16-23)76-3)81-55(84-54(75)26-7-8-34(46(69)40(26)63)79-50(71)21-9-27(56)41(64)28(57)10-21)48(39)83-53(74)25-15-33(62)45(68)37(18-25)80-51(72)22-11-29(58)42(65)30(59)12-22/h7-18,20,38-39,47-48,55-69H,5-6,19H2,1-4H3. The fourth-order valence-corrected chi connectivity index (χ4v) is 8.64. The number of esters is 6. The van der Waals surface area contributed by atoms with E-state index in [2.05, 4.69) is 0 Å². The second-order valence-corrected chi connectivity index (χ2v) is 18.4. The van der Waals surface area contributed by atoms with Crippen LogP contribution in [-0.2, 0) is 23.7 Å². The van der Waals surface area contributed by atoms with Crippen LogP contribution in [0.4, 0.5) is 0 Å². The average molecular weight is 1170 g/mol. The Kier molecular flexibility index (Phi) is 17.8. The van der Waals surface area contributed by atoms with E-state index in [9.17, 15) is 100 Å². The topological polar surface area (TPSA) is 469 Å². The Bertz CT molecular complexity index is 3550. The molecular formula is C55H50O29. The summed E-state index contributed by atoms with van der Waals surface area (Å²) < 4.78 is 50.0. The average Bonchev–Trinajstić information content (AvgIpc) is 1.55. The van der Waals surface area contributed by atoms with Crippen molar-refractivity contribution >= 4 is 35.8 Å². The molecule has 7 rings (SSSR count). The molecule has 0 saturated carbocycles. The van der Waals surface area contributed by atoms with Crippen molar-refractivity contribution < 1.29 is 143 Å². The van der Waals surface area contributed by atoms with Gasteiger partial charge in [0.05, 0.1) is 42.0 Å². The Hall–Kier alpha value is -11.1. The van der Waals surface area contributed by atoms with E-state index in [0.717, 1.165) is 50.6 Å². The van der Waals surface area contributed by atoms with Gasteiger partial charge in [0.1, 0.15) is 24.4 Å². The first-order chi connectivity index (χ1) is 39.7. The highest BCUT2D eigenvalue weighted by molar-refractivity contribution is 5.97. The molecule has 84 heavy (non-hydrogen) atoms. The lowest BCUT2D eigenvalue weighted by Gasteiger charge is -2.47. The zero-order chi connectivity index (χ0) is 61.8. The maximum Gasteiger partial charge on any atom is 0.344 e. The number of rotatable bonds is 18. The first-order valence-corrected chi connectivity index (χ1v) is 24.4. The molecule has 14 N–H and O–H groups in total. The van der Waals surface area contributed by atoms with Crippen LogP contribution in [-0.4, -0.2) is 153 Å². The van der Waals surface area contributed by atoms with Crippen molar-refractivity contribution in [1.29, 1.82) is 0 Å². The molecule has 29 heteroatoms. The SMILES string of the molecule is CCCC(C)C1C(OC(=O)c2cc(O)c(O)c(OC)c2)C(COC(=O)c2cc(O)c(O)c(OC)c2)OC(OC(=O)c2ccc(OC(=O)c3cc(O)c(O)c(O)c3)c(O)c2O)C1OC(=O)c1cc(O)c(O)c(OC(=O)c2cc(O)c(O)c(O)c2)c1. The van der Waals surface area contributed by atoms with Crippen LogP contribution in [0.25, 0.3) is 0 Å². The Morgan fingerprint density at radius 2 is 0.833 bits per heavy atom. The molecule has 0 aliphatic carbocycles. The monoisotopic (exact) mass is 1170 g/mol. The molecule has 0 spiro atoms. The molecule has 6 atom stereocenters. The number of carbonyl (C=O) groups excluding carboxylic acids is 6. The van der Waals surface area contributed by atoms with Gasteiger partial charge in [-0.1, -0.05) is 26.7 Å². The third kappa shape index (κ3) is 12.6. The zero-order valence-corrected chi connectivity index (χ0v) is 43.9. The van der Waals surface area contributed by atoms with Crippen molar-refractivity contribution in [2.45, 2.75) is 51.3 Å². The van der Waals surface area contributed by atoms with E-state index in [0.29, 0.717) is 42.8 Å². The Morgan fingerprint density at radius 1 is 0.440 bits per heavy atom. The fraction of sp³-hybridized carbons (Fsp3) is 0.236. The number of hydrogen-bond donors (Lipinski definition) is 14. The number of carbonyl (C=O) groups is 6. The van der Waals surface area contributed by atoms with Gasteiger partial charge in [-0.05, 0) is 78.7 Å². The Labute approximate surface area is 471 Å². The van der Waals surface area contributed by atoms with Crippen LogP contribution in [0.1, 0.15) is 88.8 Å². The maximum absolute atomic E-state index is 14.6. The van der Waals surface area contributed by atoms with Gasteiger partial charge in [-0.15, -0.1) is 0 Å².